The summed E-state index contributed by atoms with van der Waals surface area (Å²) >= 11 is 0. The highest BCUT2D eigenvalue weighted by Crippen LogP contribution is 2.29. The highest BCUT2D eigenvalue weighted by atomic mass is 19.3. The number of Topliss-reactive ketones (excluding diaryl/α,β-unsaturated/α-hetero) is 1. The minimum atomic E-state index is -3.04. The van der Waals surface area contributed by atoms with Gasteiger partial charge in [-0.05, 0) is 42.3 Å². The molecule has 2 aromatic carbocycles. The Hall–Kier alpha value is -3.35. The van der Waals surface area contributed by atoms with Gasteiger partial charge in [-0.3, -0.25) is 15.1 Å². The van der Waals surface area contributed by atoms with Gasteiger partial charge in [0.15, 0.2) is 5.78 Å². The number of cyclic esters (lactones) is 1. The molecular formula is C28H34F3N5O4. The molecule has 2 aromatic rings. The van der Waals surface area contributed by atoms with E-state index in [1.807, 2.05) is 4.90 Å². The highest BCUT2D eigenvalue weighted by molar-refractivity contribution is 5.90. The van der Waals surface area contributed by atoms with Crippen molar-refractivity contribution in [2.24, 2.45) is 0 Å². The van der Waals surface area contributed by atoms with Gasteiger partial charge < -0.3 is 19.3 Å². The Morgan fingerprint density at radius 2 is 1.73 bits per heavy atom. The van der Waals surface area contributed by atoms with Gasteiger partial charge in [-0.25, -0.2) is 23.0 Å². The number of hydrogen-bond donors (Lipinski definition) is 1. The predicted molar refractivity (Wildman–Crippen MR) is 144 cm³/mol. The number of carbonyl (C=O) groups is 2. The van der Waals surface area contributed by atoms with Crippen LogP contribution < -0.4 is 20.1 Å². The number of nitrogens with zero attached hydrogens (tertiary/aromatic N) is 4. The first-order chi connectivity index (χ1) is 19.4. The molecule has 3 heterocycles. The molecule has 3 aliphatic rings. The van der Waals surface area contributed by atoms with E-state index in [0.717, 1.165) is 32.8 Å². The van der Waals surface area contributed by atoms with E-state index in [-0.39, 0.29) is 19.4 Å². The van der Waals surface area contributed by atoms with Crippen molar-refractivity contribution in [2.45, 2.75) is 31.9 Å². The van der Waals surface area contributed by atoms with E-state index in [4.69, 9.17) is 9.47 Å². The maximum absolute atomic E-state index is 15.2. The summed E-state index contributed by atoms with van der Waals surface area (Å²) in [4.78, 5) is 29.1. The summed E-state index contributed by atoms with van der Waals surface area (Å²) in [5, 5.41) is 2.13. The Balaban J connectivity index is 1.14. The fourth-order valence-corrected chi connectivity index (χ4v) is 5.22. The zero-order valence-electron chi connectivity index (χ0n) is 22.2. The van der Waals surface area contributed by atoms with Crippen LogP contribution in [0.2, 0.25) is 0 Å². The lowest BCUT2D eigenvalue weighted by atomic mass is 10.1. The van der Waals surface area contributed by atoms with E-state index in [0.29, 0.717) is 37.6 Å². The molecule has 5 rings (SSSR count). The van der Waals surface area contributed by atoms with Gasteiger partial charge in [0, 0.05) is 57.9 Å². The number of anilines is 3. The molecule has 3 aliphatic heterocycles. The van der Waals surface area contributed by atoms with Crippen LogP contribution in [0.15, 0.2) is 42.5 Å². The van der Waals surface area contributed by atoms with Gasteiger partial charge in [-0.1, -0.05) is 12.1 Å². The average Bonchev–Trinajstić information content (AvgIpc) is 3.18. The Morgan fingerprint density at radius 3 is 2.45 bits per heavy atom. The molecule has 12 heteroatoms. The predicted octanol–water partition coefficient (Wildman–Crippen LogP) is 3.43. The number of rotatable bonds is 9. The molecule has 1 N–H and O–H groups in total. The third-order valence-corrected chi connectivity index (χ3v) is 7.46. The minimum absolute atomic E-state index is 0.00126. The summed E-state index contributed by atoms with van der Waals surface area (Å²) in [5.74, 6) is -1.65. The zero-order valence-corrected chi connectivity index (χ0v) is 22.2. The summed E-state index contributed by atoms with van der Waals surface area (Å²) in [6, 6.07) is 13.1. The average molecular weight is 562 g/mol. The van der Waals surface area contributed by atoms with Crippen molar-refractivity contribution < 1.29 is 32.2 Å². The van der Waals surface area contributed by atoms with Crippen molar-refractivity contribution in [3.05, 3.63) is 53.8 Å². The molecule has 40 heavy (non-hydrogen) atoms. The van der Waals surface area contributed by atoms with Crippen molar-refractivity contribution in [2.75, 3.05) is 73.7 Å². The second kappa shape index (κ2) is 12.9. The number of hydrogen-bond acceptors (Lipinski definition) is 8. The molecule has 3 saturated heterocycles. The van der Waals surface area contributed by atoms with E-state index in [2.05, 4.69) is 39.6 Å². The van der Waals surface area contributed by atoms with Gasteiger partial charge in [0.05, 0.1) is 31.1 Å². The molecule has 0 aliphatic carbocycles. The summed E-state index contributed by atoms with van der Waals surface area (Å²) < 4.78 is 50.8. The Kier molecular flexibility index (Phi) is 9.08. The summed E-state index contributed by atoms with van der Waals surface area (Å²) in [6.07, 6.45) is -4.80. The molecule has 0 radical (unpaired) electrons. The Morgan fingerprint density at radius 1 is 0.975 bits per heavy atom. The molecule has 1 amide bonds. The van der Waals surface area contributed by atoms with Crippen LogP contribution in [0.25, 0.3) is 0 Å². The summed E-state index contributed by atoms with van der Waals surface area (Å²) in [6.45, 7) is 6.64. The van der Waals surface area contributed by atoms with Crippen LogP contribution in [0.5, 0.6) is 0 Å². The molecule has 0 saturated carbocycles. The van der Waals surface area contributed by atoms with E-state index < -0.39 is 30.2 Å². The molecule has 9 nitrogen and oxygen atoms in total. The maximum atomic E-state index is 15.2. The largest absolute Gasteiger partial charge is 0.444 e. The highest BCUT2D eigenvalue weighted by Gasteiger charge is 2.33. The fourth-order valence-electron chi connectivity index (χ4n) is 5.22. The van der Waals surface area contributed by atoms with Crippen molar-refractivity contribution in [3.8, 4) is 0 Å². The van der Waals surface area contributed by atoms with E-state index in [9.17, 15) is 18.4 Å². The lowest BCUT2D eigenvalue weighted by molar-refractivity contribution is -0.129. The number of ether oxygens (including phenoxy) is 2. The van der Waals surface area contributed by atoms with Gasteiger partial charge in [-0.15, -0.1) is 0 Å². The smallest absolute Gasteiger partial charge is 0.414 e. The van der Waals surface area contributed by atoms with Crippen LogP contribution in [0.1, 0.15) is 18.4 Å². The number of carbonyl (C=O) groups excluding carboxylic acids is 2. The molecule has 216 valence electrons. The lowest BCUT2D eigenvalue weighted by Crippen LogP contribution is -2.38. The van der Waals surface area contributed by atoms with Crippen molar-refractivity contribution in [3.63, 3.8) is 0 Å². The monoisotopic (exact) mass is 561 g/mol. The topological polar surface area (TPSA) is 77.6 Å². The molecular weight excluding hydrogens is 527 g/mol. The standard InChI is InChI=1S/C28H34F3N5O4/c29-24-17-22(36-19-23(40-28(36)38)6-8-26(37)27(30)31)5-7-25(24)34-10-9-32-35(12-11-34)18-20-1-3-21(4-2-20)33-13-15-39-16-14-33/h1-5,7,17,23,27,32H,6,8-16,18-19H2/t23-/m0/s1. The van der Waals surface area contributed by atoms with Crippen LogP contribution in [-0.4, -0.2) is 88.4 Å². The van der Waals surface area contributed by atoms with Gasteiger partial charge in [-0.2, -0.15) is 0 Å². The third-order valence-electron chi connectivity index (χ3n) is 7.46. The van der Waals surface area contributed by atoms with Gasteiger partial charge in [0.2, 0.25) is 0 Å². The van der Waals surface area contributed by atoms with Crippen molar-refractivity contribution in [1.82, 2.24) is 10.4 Å². The lowest BCUT2D eigenvalue weighted by Gasteiger charge is -2.29. The van der Waals surface area contributed by atoms with Crippen molar-refractivity contribution >= 4 is 28.9 Å². The number of nitrogens with one attached hydrogen (secondary N) is 1. The van der Waals surface area contributed by atoms with Crippen LogP contribution in [0.3, 0.4) is 0 Å². The van der Waals surface area contributed by atoms with Crippen molar-refractivity contribution in [1.29, 1.82) is 0 Å². The quantitative estimate of drug-likeness (QED) is 0.499. The molecule has 0 spiro atoms. The fraction of sp³-hybridized carbons (Fsp3) is 0.500. The van der Waals surface area contributed by atoms with Crippen LogP contribution in [0.4, 0.5) is 35.0 Å². The SMILES string of the molecule is O=C(CC[C@H]1CN(c2ccc(N3CCNN(Cc4ccc(N5CCOCC5)cc4)CC3)c(F)c2)C(=O)O1)C(F)F. The van der Waals surface area contributed by atoms with Gasteiger partial charge >= 0.3 is 6.09 Å². The third kappa shape index (κ3) is 6.86. The molecule has 3 fully saturated rings. The number of amides is 1. The summed E-state index contributed by atoms with van der Waals surface area (Å²) in [5.41, 5.74) is 6.56. The normalized spacial score (nSPS) is 20.6. The first-order valence-electron chi connectivity index (χ1n) is 13.6. The number of ketones is 1. The first-order valence-corrected chi connectivity index (χ1v) is 13.6. The van der Waals surface area contributed by atoms with Gasteiger partial charge in [0.25, 0.3) is 6.43 Å². The molecule has 0 aromatic heterocycles. The molecule has 1 atom stereocenters. The second-order valence-corrected chi connectivity index (χ2v) is 10.1. The van der Waals surface area contributed by atoms with Crippen LogP contribution >= 0.6 is 0 Å². The Labute approximate surface area is 231 Å². The molecule has 0 unspecified atom stereocenters. The van der Waals surface area contributed by atoms with E-state index >= 15 is 4.39 Å². The number of halogens is 3. The second-order valence-electron chi connectivity index (χ2n) is 10.1. The van der Waals surface area contributed by atoms with E-state index in [1.165, 1.54) is 22.2 Å². The molecule has 0 bridgehead atoms. The van der Waals surface area contributed by atoms with E-state index in [1.54, 1.807) is 12.1 Å². The zero-order chi connectivity index (χ0) is 28.1. The maximum Gasteiger partial charge on any atom is 0.414 e. The Bertz CT molecular complexity index is 1180. The number of benzene rings is 2. The summed E-state index contributed by atoms with van der Waals surface area (Å²) in [7, 11) is 0. The van der Waals surface area contributed by atoms with Crippen LogP contribution in [0, 0.1) is 5.82 Å². The van der Waals surface area contributed by atoms with Gasteiger partial charge in [0.1, 0.15) is 11.9 Å². The number of alkyl halides is 2. The minimum Gasteiger partial charge on any atom is -0.444 e. The first kappa shape index (κ1) is 28.2. The number of hydrazine groups is 1. The number of morpholine rings is 1. The van der Waals surface area contributed by atoms with Crippen LogP contribution in [-0.2, 0) is 20.8 Å².